The van der Waals surface area contributed by atoms with Crippen molar-refractivity contribution in [2.45, 2.75) is 38.4 Å². The average Bonchev–Trinajstić information content (AvgIpc) is 1.86. The molecule has 0 heterocycles. The van der Waals surface area contributed by atoms with Crippen LogP contribution in [0, 0.1) is 11.8 Å². The molecule has 0 aromatic heterocycles. The summed E-state index contributed by atoms with van der Waals surface area (Å²) in [6.45, 7) is 4.70. The second-order valence-electron chi connectivity index (χ2n) is 3.35. The zero-order chi connectivity index (χ0) is 7.56. The van der Waals surface area contributed by atoms with Crippen molar-refractivity contribution in [3.05, 3.63) is 0 Å². The van der Waals surface area contributed by atoms with Gasteiger partial charge < -0.3 is 0 Å². The van der Waals surface area contributed by atoms with Crippen molar-refractivity contribution >= 4 is 11.8 Å². The Labute approximate surface area is 68.8 Å². The average molecular weight is 158 g/mol. The maximum absolute atomic E-state index is 2.37. The number of hydrogen-bond acceptors (Lipinski definition) is 1. The summed E-state index contributed by atoms with van der Waals surface area (Å²) in [6.07, 6.45) is 6.61. The Kier molecular flexibility index (Phi) is 3.09. The second kappa shape index (κ2) is 3.66. The van der Waals surface area contributed by atoms with Gasteiger partial charge in [-0.2, -0.15) is 11.8 Å². The van der Waals surface area contributed by atoms with Crippen molar-refractivity contribution in [1.82, 2.24) is 0 Å². The lowest BCUT2D eigenvalue weighted by Crippen LogP contribution is -2.32. The van der Waals surface area contributed by atoms with Crippen LogP contribution in [-0.4, -0.2) is 11.5 Å². The molecule has 0 bridgehead atoms. The van der Waals surface area contributed by atoms with Gasteiger partial charge in [-0.15, -0.1) is 0 Å². The molecule has 1 rings (SSSR count). The molecule has 0 aromatic carbocycles. The molecule has 60 valence electrons. The number of thioether (sulfide) groups is 1. The standard InChI is InChI=1S/C9H18S/c1-4-8-5-6-9(8)7(2)10-3/h7-9H,4-6H2,1-3H3. The Bertz CT molecular complexity index is 92.1. The lowest BCUT2D eigenvalue weighted by Gasteiger charge is -2.39. The van der Waals surface area contributed by atoms with Crippen molar-refractivity contribution in [3.8, 4) is 0 Å². The molecule has 1 aliphatic carbocycles. The summed E-state index contributed by atoms with van der Waals surface area (Å²) in [5.41, 5.74) is 0. The van der Waals surface area contributed by atoms with Crippen LogP contribution in [-0.2, 0) is 0 Å². The third-order valence-corrected chi connectivity index (χ3v) is 4.07. The highest BCUT2D eigenvalue weighted by atomic mass is 32.2. The number of rotatable bonds is 3. The van der Waals surface area contributed by atoms with Crippen LogP contribution in [0.3, 0.4) is 0 Å². The van der Waals surface area contributed by atoms with E-state index in [1.807, 2.05) is 11.8 Å². The monoisotopic (exact) mass is 158 g/mol. The molecular weight excluding hydrogens is 140 g/mol. The van der Waals surface area contributed by atoms with Crippen LogP contribution in [0.25, 0.3) is 0 Å². The fourth-order valence-corrected chi connectivity index (χ4v) is 2.60. The Morgan fingerprint density at radius 3 is 2.50 bits per heavy atom. The first-order chi connectivity index (χ1) is 4.79. The molecule has 0 radical (unpaired) electrons. The van der Waals surface area contributed by atoms with Crippen LogP contribution in [0.4, 0.5) is 0 Å². The molecule has 1 saturated carbocycles. The van der Waals surface area contributed by atoms with Gasteiger partial charge in [-0.05, 0) is 30.9 Å². The Hall–Kier alpha value is 0.350. The van der Waals surface area contributed by atoms with Gasteiger partial charge in [0.25, 0.3) is 0 Å². The van der Waals surface area contributed by atoms with Crippen molar-refractivity contribution in [3.63, 3.8) is 0 Å². The highest BCUT2D eigenvalue weighted by molar-refractivity contribution is 7.99. The Morgan fingerprint density at radius 2 is 2.20 bits per heavy atom. The summed E-state index contributed by atoms with van der Waals surface area (Å²) >= 11 is 2.03. The van der Waals surface area contributed by atoms with Gasteiger partial charge in [0.05, 0.1) is 0 Å². The van der Waals surface area contributed by atoms with E-state index in [9.17, 15) is 0 Å². The highest BCUT2D eigenvalue weighted by Gasteiger charge is 2.32. The maximum atomic E-state index is 2.37. The summed E-state index contributed by atoms with van der Waals surface area (Å²) in [7, 11) is 0. The molecule has 0 nitrogen and oxygen atoms in total. The lowest BCUT2D eigenvalue weighted by atomic mass is 9.71. The molecule has 1 aliphatic rings. The zero-order valence-electron chi connectivity index (χ0n) is 7.26. The van der Waals surface area contributed by atoms with E-state index >= 15 is 0 Å². The van der Waals surface area contributed by atoms with Crippen LogP contribution in [0.2, 0.25) is 0 Å². The minimum absolute atomic E-state index is 0.902. The van der Waals surface area contributed by atoms with E-state index in [0.29, 0.717) is 0 Å². The molecule has 10 heavy (non-hydrogen) atoms. The Balaban J connectivity index is 2.27. The molecule has 0 spiro atoms. The summed E-state index contributed by atoms with van der Waals surface area (Å²) in [5, 5.41) is 0.902. The van der Waals surface area contributed by atoms with Crippen molar-refractivity contribution in [2.75, 3.05) is 6.26 Å². The van der Waals surface area contributed by atoms with Crippen LogP contribution in [0.15, 0.2) is 0 Å². The topological polar surface area (TPSA) is 0 Å². The normalized spacial score (nSPS) is 35.1. The molecule has 0 amide bonds. The summed E-state index contributed by atoms with van der Waals surface area (Å²) in [5.74, 6) is 2.10. The molecule has 0 saturated heterocycles. The van der Waals surface area contributed by atoms with E-state index in [-0.39, 0.29) is 0 Å². The van der Waals surface area contributed by atoms with E-state index in [1.165, 1.54) is 19.3 Å². The van der Waals surface area contributed by atoms with Gasteiger partial charge in [-0.3, -0.25) is 0 Å². The van der Waals surface area contributed by atoms with Crippen molar-refractivity contribution in [2.24, 2.45) is 11.8 Å². The van der Waals surface area contributed by atoms with Crippen LogP contribution >= 0.6 is 11.8 Å². The zero-order valence-corrected chi connectivity index (χ0v) is 8.08. The largest absolute Gasteiger partial charge is 0.162 e. The third-order valence-electron chi connectivity index (χ3n) is 2.98. The first-order valence-electron chi connectivity index (χ1n) is 4.32. The van der Waals surface area contributed by atoms with E-state index in [2.05, 4.69) is 20.1 Å². The summed E-state index contributed by atoms with van der Waals surface area (Å²) in [6, 6.07) is 0. The van der Waals surface area contributed by atoms with Crippen molar-refractivity contribution < 1.29 is 0 Å². The minimum Gasteiger partial charge on any atom is -0.162 e. The quantitative estimate of drug-likeness (QED) is 0.608. The SMILES string of the molecule is CCC1CCC1C(C)SC. The molecule has 0 aliphatic heterocycles. The van der Waals surface area contributed by atoms with Crippen LogP contribution < -0.4 is 0 Å². The predicted molar refractivity (Wildman–Crippen MR) is 49.5 cm³/mol. The van der Waals surface area contributed by atoms with E-state index < -0.39 is 0 Å². The van der Waals surface area contributed by atoms with Gasteiger partial charge in [-0.1, -0.05) is 20.3 Å². The third kappa shape index (κ3) is 1.50. The molecule has 1 fully saturated rings. The van der Waals surface area contributed by atoms with Crippen molar-refractivity contribution in [1.29, 1.82) is 0 Å². The maximum Gasteiger partial charge on any atom is 0.00468 e. The smallest absolute Gasteiger partial charge is 0.00468 e. The number of hydrogen-bond donors (Lipinski definition) is 0. The van der Waals surface area contributed by atoms with E-state index in [1.54, 1.807) is 0 Å². The van der Waals surface area contributed by atoms with Gasteiger partial charge >= 0.3 is 0 Å². The fourth-order valence-electron chi connectivity index (χ4n) is 1.89. The fraction of sp³-hybridized carbons (Fsp3) is 1.00. The highest BCUT2D eigenvalue weighted by Crippen LogP contribution is 2.42. The summed E-state index contributed by atoms with van der Waals surface area (Å²) < 4.78 is 0. The first kappa shape index (κ1) is 8.45. The van der Waals surface area contributed by atoms with E-state index in [0.717, 1.165) is 17.1 Å². The van der Waals surface area contributed by atoms with Gasteiger partial charge in [0.2, 0.25) is 0 Å². The molecule has 0 N–H and O–H groups in total. The molecular formula is C9H18S. The lowest BCUT2D eigenvalue weighted by molar-refractivity contribution is 0.171. The molecule has 1 heteroatoms. The molecule has 3 atom stereocenters. The van der Waals surface area contributed by atoms with Gasteiger partial charge in [0, 0.05) is 5.25 Å². The van der Waals surface area contributed by atoms with Crippen LogP contribution in [0.5, 0.6) is 0 Å². The minimum atomic E-state index is 0.902. The van der Waals surface area contributed by atoms with Gasteiger partial charge in [0.1, 0.15) is 0 Å². The van der Waals surface area contributed by atoms with Gasteiger partial charge in [-0.25, -0.2) is 0 Å². The Morgan fingerprint density at radius 1 is 1.50 bits per heavy atom. The molecule has 0 aromatic rings. The van der Waals surface area contributed by atoms with Crippen LogP contribution in [0.1, 0.15) is 33.1 Å². The summed E-state index contributed by atoms with van der Waals surface area (Å²) in [4.78, 5) is 0. The van der Waals surface area contributed by atoms with Gasteiger partial charge in [0.15, 0.2) is 0 Å². The predicted octanol–water partition coefficient (Wildman–Crippen LogP) is 3.17. The van der Waals surface area contributed by atoms with E-state index in [4.69, 9.17) is 0 Å². The molecule has 3 unspecified atom stereocenters. The first-order valence-corrected chi connectivity index (χ1v) is 5.61. The second-order valence-corrected chi connectivity index (χ2v) is 4.57.